The minimum Gasteiger partial charge on any atom is -0.369 e. The summed E-state index contributed by atoms with van der Waals surface area (Å²) in [6.45, 7) is 3.82. The average molecular weight is 241 g/mol. The largest absolute Gasteiger partial charge is 0.389 e. The zero-order chi connectivity index (χ0) is 12.6. The SMILES string of the molecule is CC(C)OCC(=O)NCCCCC(F)(F)F. The zero-order valence-corrected chi connectivity index (χ0v) is 9.56. The van der Waals surface area contributed by atoms with E-state index in [0.717, 1.165) is 0 Å². The van der Waals surface area contributed by atoms with Crippen LogP contribution in [-0.4, -0.2) is 31.3 Å². The molecule has 0 aromatic carbocycles. The molecule has 0 bridgehead atoms. The van der Waals surface area contributed by atoms with Crippen molar-refractivity contribution in [3.05, 3.63) is 0 Å². The molecule has 0 aliphatic carbocycles. The van der Waals surface area contributed by atoms with Crippen LogP contribution in [0.15, 0.2) is 0 Å². The van der Waals surface area contributed by atoms with Crippen molar-refractivity contribution in [2.75, 3.05) is 13.2 Å². The fraction of sp³-hybridized carbons (Fsp3) is 0.900. The first-order valence-electron chi connectivity index (χ1n) is 5.26. The second kappa shape index (κ2) is 7.49. The lowest BCUT2D eigenvalue weighted by atomic mass is 10.2. The van der Waals surface area contributed by atoms with Crippen molar-refractivity contribution < 1.29 is 22.7 Å². The van der Waals surface area contributed by atoms with Crippen LogP contribution in [0, 0.1) is 0 Å². The van der Waals surface area contributed by atoms with Crippen molar-refractivity contribution in [3.8, 4) is 0 Å². The Morgan fingerprint density at radius 1 is 1.31 bits per heavy atom. The van der Waals surface area contributed by atoms with Gasteiger partial charge in [0.05, 0.1) is 6.10 Å². The summed E-state index contributed by atoms with van der Waals surface area (Å²) in [5.74, 6) is -0.291. The van der Waals surface area contributed by atoms with Gasteiger partial charge in [-0.25, -0.2) is 0 Å². The molecule has 0 heterocycles. The topological polar surface area (TPSA) is 38.3 Å². The predicted molar refractivity (Wildman–Crippen MR) is 54.0 cm³/mol. The number of halogens is 3. The van der Waals surface area contributed by atoms with E-state index in [1.165, 1.54) is 0 Å². The van der Waals surface area contributed by atoms with E-state index in [1.54, 1.807) is 13.8 Å². The van der Waals surface area contributed by atoms with E-state index in [4.69, 9.17) is 4.74 Å². The summed E-state index contributed by atoms with van der Waals surface area (Å²) < 4.78 is 40.3. The third kappa shape index (κ3) is 11.3. The van der Waals surface area contributed by atoms with E-state index in [2.05, 4.69) is 5.32 Å². The number of alkyl halides is 3. The molecule has 1 N–H and O–H groups in total. The number of nitrogens with one attached hydrogen (secondary N) is 1. The molecule has 16 heavy (non-hydrogen) atoms. The van der Waals surface area contributed by atoms with Gasteiger partial charge in [-0.15, -0.1) is 0 Å². The number of carbonyl (C=O) groups is 1. The first kappa shape index (κ1) is 15.2. The van der Waals surface area contributed by atoms with Gasteiger partial charge in [-0.1, -0.05) is 0 Å². The first-order valence-corrected chi connectivity index (χ1v) is 5.26. The van der Waals surface area contributed by atoms with Crippen molar-refractivity contribution in [3.63, 3.8) is 0 Å². The third-order valence-corrected chi connectivity index (χ3v) is 1.76. The summed E-state index contributed by atoms with van der Waals surface area (Å²) in [5, 5.41) is 2.49. The van der Waals surface area contributed by atoms with Crippen LogP contribution in [0.2, 0.25) is 0 Å². The van der Waals surface area contributed by atoms with E-state index in [0.29, 0.717) is 6.42 Å². The molecule has 0 aliphatic rings. The number of unbranched alkanes of at least 4 members (excludes halogenated alkanes) is 1. The Bertz CT molecular complexity index is 205. The fourth-order valence-corrected chi connectivity index (χ4v) is 0.972. The average Bonchev–Trinajstić information content (AvgIpc) is 2.12. The number of carbonyl (C=O) groups excluding carboxylic acids is 1. The molecule has 0 unspecified atom stereocenters. The number of hydrogen-bond donors (Lipinski definition) is 1. The highest BCUT2D eigenvalue weighted by Crippen LogP contribution is 2.21. The third-order valence-electron chi connectivity index (χ3n) is 1.76. The molecule has 0 spiro atoms. The summed E-state index contributed by atoms with van der Waals surface area (Å²) >= 11 is 0. The van der Waals surface area contributed by atoms with Gasteiger partial charge in [0.25, 0.3) is 0 Å². The maximum Gasteiger partial charge on any atom is 0.389 e. The summed E-state index contributed by atoms with van der Waals surface area (Å²) in [7, 11) is 0. The van der Waals surface area contributed by atoms with Gasteiger partial charge in [-0.3, -0.25) is 4.79 Å². The summed E-state index contributed by atoms with van der Waals surface area (Å²) in [5.41, 5.74) is 0. The van der Waals surface area contributed by atoms with E-state index in [1.807, 2.05) is 0 Å². The van der Waals surface area contributed by atoms with E-state index in [9.17, 15) is 18.0 Å². The molecule has 0 aliphatic heterocycles. The number of ether oxygens (including phenoxy) is 1. The molecule has 3 nitrogen and oxygen atoms in total. The van der Waals surface area contributed by atoms with Crippen LogP contribution in [0.1, 0.15) is 33.1 Å². The maximum absolute atomic E-state index is 11.7. The van der Waals surface area contributed by atoms with E-state index >= 15 is 0 Å². The quantitative estimate of drug-likeness (QED) is 0.694. The van der Waals surface area contributed by atoms with Crippen molar-refractivity contribution in [1.82, 2.24) is 5.32 Å². The van der Waals surface area contributed by atoms with Crippen molar-refractivity contribution in [2.45, 2.75) is 45.4 Å². The van der Waals surface area contributed by atoms with Gasteiger partial charge in [-0.05, 0) is 26.7 Å². The van der Waals surface area contributed by atoms with Gasteiger partial charge in [0, 0.05) is 13.0 Å². The van der Waals surface area contributed by atoms with Gasteiger partial charge in [0.2, 0.25) is 5.91 Å². The molecule has 6 heteroatoms. The Kier molecular flexibility index (Phi) is 7.12. The van der Waals surface area contributed by atoms with Gasteiger partial charge >= 0.3 is 6.18 Å². The van der Waals surface area contributed by atoms with Crippen LogP contribution in [0.5, 0.6) is 0 Å². The minimum absolute atomic E-state index is 0.0315. The van der Waals surface area contributed by atoms with Crippen LogP contribution in [0.25, 0.3) is 0 Å². The summed E-state index contributed by atoms with van der Waals surface area (Å²) in [6, 6.07) is 0. The van der Waals surface area contributed by atoms with Gasteiger partial charge in [0.15, 0.2) is 0 Å². The molecule has 0 aromatic heterocycles. The highest BCUT2D eigenvalue weighted by Gasteiger charge is 2.25. The van der Waals surface area contributed by atoms with E-state index < -0.39 is 12.6 Å². The van der Waals surface area contributed by atoms with Crippen molar-refractivity contribution in [2.24, 2.45) is 0 Å². The summed E-state index contributed by atoms with van der Waals surface area (Å²) in [4.78, 5) is 11.0. The van der Waals surface area contributed by atoms with Crippen LogP contribution in [0.3, 0.4) is 0 Å². The lowest BCUT2D eigenvalue weighted by Gasteiger charge is -2.09. The normalized spacial score (nSPS) is 11.9. The standard InChI is InChI=1S/C10H18F3NO2/c1-8(2)16-7-9(15)14-6-4-3-5-10(11,12)13/h8H,3-7H2,1-2H3,(H,14,15). The Balaban J connectivity index is 3.35. The molecule has 0 saturated carbocycles. The van der Waals surface area contributed by atoms with Gasteiger partial charge in [-0.2, -0.15) is 13.2 Å². The molecular weight excluding hydrogens is 223 g/mol. The number of rotatable bonds is 7. The summed E-state index contributed by atoms with van der Waals surface area (Å²) in [6.07, 6.45) is -4.58. The van der Waals surface area contributed by atoms with E-state index in [-0.39, 0.29) is 31.6 Å². The molecule has 0 fully saturated rings. The fourth-order valence-electron chi connectivity index (χ4n) is 0.972. The number of amides is 1. The highest BCUT2D eigenvalue weighted by molar-refractivity contribution is 5.77. The molecule has 0 aromatic rings. The smallest absolute Gasteiger partial charge is 0.369 e. The van der Waals surface area contributed by atoms with Crippen LogP contribution < -0.4 is 5.32 Å². The van der Waals surface area contributed by atoms with Crippen LogP contribution >= 0.6 is 0 Å². The molecule has 0 rings (SSSR count). The Labute approximate surface area is 93.3 Å². The molecule has 0 atom stereocenters. The maximum atomic E-state index is 11.7. The Hall–Kier alpha value is -0.780. The van der Waals surface area contributed by atoms with Crippen molar-refractivity contribution in [1.29, 1.82) is 0 Å². The molecule has 96 valence electrons. The second-order valence-corrected chi connectivity index (χ2v) is 3.78. The van der Waals surface area contributed by atoms with Gasteiger partial charge in [0.1, 0.15) is 6.61 Å². The zero-order valence-electron chi connectivity index (χ0n) is 9.56. The first-order chi connectivity index (χ1) is 7.31. The van der Waals surface area contributed by atoms with Crippen LogP contribution in [-0.2, 0) is 9.53 Å². The Morgan fingerprint density at radius 2 is 1.94 bits per heavy atom. The lowest BCUT2D eigenvalue weighted by Crippen LogP contribution is -2.29. The number of hydrogen-bond acceptors (Lipinski definition) is 2. The van der Waals surface area contributed by atoms with Gasteiger partial charge < -0.3 is 10.1 Å². The predicted octanol–water partition coefficient (Wildman–Crippen LogP) is 2.26. The molecular formula is C10H18F3NO2. The molecule has 1 amide bonds. The minimum atomic E-state index is -4.11. The Morgan fingerprint density at radius 3 is 2.44 bits per heavy atom. The second-order valence-electron chi connectivity index (χ2n) is 3.78. The highest BCUT2D eigenvalue weighted by atomic mass is 19.4. The molecule has 0 radical (unpaired) electrons. The van der Waals surface area contributed by atoms with Crippen LogP contribution in [0.4, 0.5) is 13.2 Å². The van der Waals surface area contributed by atoms with Crippen molar-refractivity contribution >= 4 is 5.91 Å². The monoisotopic (exact) mass is 241 g/mol. The lowest BCUT2D eigenvalue weighted by molar-refractivity contribution is -0.135. The molecule has 0 saturated heterocycles.